The van der Waals surface area contributed by atoms with Gasteiger partial charge in [0.1, 0.15) is 10.6 Å². The van der Waals surface area contributed by atoms with E-state index in [2.05, 4.69) is 0 Å². The summed E-state index contributed by atoms with van der Waals surface area (Å²) in [6.07, 6.45) is 0.0998. The molecule has 1 heterocycles. The molecule has 2 aromatic carbocycles. The number of carbonyl (C=O) groups is 1. The number of aromatic hydroxyl groups is 1. The van der Waals surface area contributed by atoms with Crippen molar-refractivity contribution < 1.29 is 23.4 Å². The third-order valence-electron chi connectivity index (χ3n) is 4.86. The van der Waals surface area contributed by atoms with Gasteiger partial charge in [-0.25, -0.2) is 13.2 Å². The Morgan fingerprint density at radius 1 is 1.11 bits per heavy atom. The number of benzene rings is 2. The zero-order chi connectivity index (χ0) is 20.3. The Labute approximate surface area is 168 Å². The van der Waals surface area contributed by atoms with Crippen LogP contribution in [0.5, 0.6) is 5.75 Å². The number of para-hydroxylation sites is 2. The number of hydrogen-bond donors (Lipinski definition) is 2. The first-order valence-corrected chi connectivity index (χ1v) is 10.7. The summed E-state index contributed by atoms with van der Waals surface area (Å²) in [5.41, 5.74) is 0.170. The van der Waals surface area contributed by atoms with Gasteiger partial charge in [0.15, 0.2) is 0 Å². The third kappa shape index (κ3) is 4.18. The second-order valence-corrected chi connectivity index (χ2v) is 8.91. The van der Waals surface area contributed by atoms with Crippen molar-refractivity contribution >= 4 is 33.4 Å². The lowest BCUT2D eigenvalue weighted by atomic mass is 9.97. The molecule has 2 aromatic rings. The summed E-state index contributed by atoms with van der Waals surface area (Å²) in [6.45, 7) is 0.820. The number of rotatable bonds is 5. The summed E-state index contributed by atoms with van der Waals surface area (Å²) in [4.78, 5) is 12.4. The van der Waals surface area contributed by atoms with Crippen LogP contribution in [0.25, 0.3) is 0 Å². The molecule has 0 saturated carbocycles. The van der Waals surface area contributed by atoms with Gasteiger partial charge in [-0.3, -0.25) is 4.31 Å². The van der Waals surface area contributed by atoms with Gasteiger partial charge < -0.3 is 15.1 Å². The fourth-order valence-corrected chi connectivity index (χ4v) is 5.37. The molecule has 1 aliphatic heterocycles. The molecule has 0 spiro atoms. The lowest BCUT2D eigenvalue weighted by molar-refractivity contribution is 0.125. The fourth-order valence-electron chi connectivity index (χ4n) is 3.31. The van der Waals surface area contributed by atoms with Crippen LogP contribution >= 0.6 is 11.6 Å². The molecule has 2 N–H and O–H groups in total. The number of hydrogen-bond acceptors (Lipinski definition) is 4. The van der Waals surface area contributed by atoms with Gasteiger partial charge in [-0.2, -0.15) is 0 Å². The van der Waals surface area contributed by atoms with E-state index in [0.29, 0.717) is 25.9 Å². The highest BCUT2D eigenvalue weighted by atomic mass is 35.5. The van der Waals surface area contributed by atoms with Gasteiger partial charge >= 0.3 is 6.09 Å². The minimum atomic E-state index is -4.03. The molecule has 28 heavy (non-hydrogen) atoms. The molecule has 3 rings (SSSR count). The molecule has 1 saturated heterocycles. The van der Waals surface area contributed by atoms with E-state index in [1.807, 2.05) is 0 Å². The molecule has 0 unspecified atom stereocenters. The minimum absolute atomic E-state index is 0.0390. The maximum absolute atomic E-state index is 13.4. The van der Waals surface area contributed by atoms with E-state index >= 15 is 0 Å². The van der Waals surface area contributed by atoms with Crippen molar-refractivity contribution in [2.75, 3.05) is 23.9 Å². The summed E-state index contributed by atoms with van der Waals surface area (Å²) in [5, 5.41) is 19.5. The number of piperidine rings is 1. The Morgan fingerprint density at radius 3 is 2.32 bits per heavy atom. The highest BCUT2D eigenvalue weighted by molar-refractivity contribution is 7.93. The number of carboxylic acid groups (broad SMARTS) is 1. The molecular weight excluding hydrogens is 404 g/mol. The van der Waals surface area contributed by atoms with Crippen LogP contribution in [0.1, 0.15) is 12.8 Å². The van der Waals surface area contributed by atoms with E-state index in [9.17, 15) is 18.3 Å². The zero-order valence-electron chi connectivity index (χ0n) is 15.0. The molecule has 0 aliphatic carbocycles. The quantitative estimate of drug-likeness (QED) is 0.763. The smallest absolute Gasteiger partial charge is 0.407 e. The molecule has 9 heteroatoms. The molecule has 0 radical (unpaired) electrons. The van der Waals surface area contributed by atoms with E-state index in [-0.39, 0.29) is 33.8 Å². The van der Waals surface area contributed by atoms with Crippen LogP contribution in [-0.2, 0) is 10.0 Å². The summed E-state index contributed by atoms with van der Waals surface area (Å²) >= 11 is 6.14. The third-order valence-corrected chi connectivity index (χ3v) is 7.14. The molecular formula is C19H21ClN2O5S. The minimum Gasteiger partial charge on any atom is -0.506 e. The Balaban J connectivity index is 1.94. The Hall–Kier alpha value is -2.45. The van der Waals surface area contributed by atoms with Gasteiger partial charge in [0.05, 0.1) is 10.7 Å². The van der Waals surface area contributed by atoms with Crippen molar-refractivity contribution in [2.45, 2.75) is 17.7 Å². The summed E-state index contributed by atoms with van der Waals surface area (Å²) in [5.74, 6) is -0.200. The highest BCUT2D eigenvalue weighted by Gasteiger charge is 2.32. The predicted octanol–water partition coefficient (Wildman–Crippen LogP) is 3.63. The van der Waals surface area contributed by atoms with Crippen LogP contribution in [-0.4, -0.2) is 49.3 Å². The first-order chi connectivity index (χ1) is 13.3. The number of phenolic OH excluding ortho intramolecular Hbond substituents is 1. The van der Waals surface area contributed by atoms with Crippen LogP contribution in [0.4, 0.5) is 10.5 Å². The van der Waals surface area contributed by atoms with Crippen molar-refractivity contribution in [1.29, 1.82) is 0 Å². The number of nitrogens with zero attached hydrogens (tertiary/aromatic N) is 2. The average Bonchev–Trinajstić information content (AvgIpc) is 2.67. The van der Waals surface area contributed by atoms with Gasteiger partial charge in [0.25, 0.3) is 10.0 Å². The van der Waals surface area contributed by atoms with E-state index in [0.717, 1.165) is 0 Å². The predicted molar refractivity (Wildman–Crippen MR) is 106 cm³/mol. The van der Waals surface area contributed by atoms with Crippen molar-refractivity contribution in [3.05, 3.63) is 53.6 Å². The molecule has 1 fully saturated rings. The van der Waals surface area contributed by atoms with Crippen molar-refractivity contribution in [2.24, 2.45) is 5.92 Å². The number of halogens is 1. The second-order valence-electron chi connectivity index (χ2n) is 6.67. The van der Waals surface area contributed by atoms with Crippen molar-refractivity contribution in [1.82, 2.24) is 4.90 Å². The summed E-state index contributed by atoms with van der Waals surface area (Å²) < 4.78 is 27.9. The maximum atomic E-state index is 13.4. The van der Waals surface area contributed by atoms with Crippen LogP contribution in [0, 0.1) is 5.92 Å². The number of phenols is 1. The number of anilines is 1. The molecule has 0 atom stereocenters. The Morgan fingerprint density at radius 2 is 1.71 bits per heavy atom. The topological polar surface area (TPSA) is 98.2 Å². The van der Waals surface area contributed by atoms with Crippen LogP contribution in [0.2, 0.25) is 5.02 Å². The number of sulfonamides is 1. The Kier molecular flexibility index (Phi) is 6.00. The van der Waals surface area contributed by atoms with Crippen molar-refractivity contribution in [3.63, 3.8) is 0 Å². The van der Waals surface area contributed by atoms with Gasteiger partial charge in [0, 0.05) is 19.6 Å². The number of likely N-dealkylation sites (tertiary alicyclic amines) is 1. The van der Waals surface area contributed by atoms with Crippen LogP contribution < -0.4 is 4.31 Å². The molecule has 1 aliphatic rings. The standard InChI is InChI=1S/C19H21ClN2O5S/c20-15-5-1-4-8-18(15)28(26,27)22(16-6-2-3-7-17(16)23)13-14-9-11-21(12-10-14)19(24)25/h1-8,14,23H,9-13H2,(H,24,25). The first-order valence-electron chi connectivity index (χ1n) is 8.84. The van der Waals surface area contributed by atoms with E-state index in [4.69, 9.17) is 16.7 Å². The zero-order valence-corrected chi connectivity index (χ0v) is 16.6. The first kappa shape index (κ1) is 20.3. The normalized spacial score (nSPS) is 15.4. The molecule has 0 aromatic heterocycles. The van der Waals surface area contributed by atoms with Crippen LogP contribution in [0.15, 0.2) is 53.4 Å². The Bertz CT molecular complexity index is 958. The molecule has 1 amide bonds. The lowest BCUT2D eigenvalue weighted by Crippen LogP contribution is -2.42. The average molecular weight is 425 g/mol. The summed E-state index contributed by atoms with van der Waals surface area (Å²) in [6, 6.07) is 12.4. The molecule has 7 nitrogen and oxygen atoms in total. The van der Waals surface area contributed by atoms with Gasteiger partial charge in [0.2, 0.25) is 0 Å². The monoisotopic (exact) mass is 424 g/mol. The summed E-state index contributed by atoms with van der Waals surface area (Å²) in [7, 11) is -4.03. The van der Waals surface area contributed by atoms with Gasteiger partial charge in [-0.05, 0) is 43.0 Å². The van der Waals surface area contributed by atoms with Crippen LogP contribution in [0.3, 0.4) is 0 Å². The van der Waals surface area contributed by atoms with E-state index in [1.54, 1.807) is 24.3 Å². The van der Waals surface area contributed by atoms with E-state index < -0.39 is 16.1 Å². The fraction of sp³-hybridized carbons (Fsp3) is 0.316. The molecule has 150 valence electrons. The maximum Gasteiger partial charge on any atom is 0.407 e. The molecule has 0 bridgehead atoms. The van der Waals surface area contributed by atoms with Crippen molar-refractivity contribution in [3.8, 4) is 5.75 Å². The lowest BCUT2D eigenvalue weighted by Gasteiger charge is -2.34. The number of amides is 1. The van der Waals surface area contributed by atoms with E-state index in [1.165, 1.54) is 33.5 Å². The highest BCUT2D eigenvalue weighted by Crippen LogP contribution is 2.35. The SMILES string of the molecule is O=C(O)N1CCC(CN(c2ccccc2O)S(=O)(=O)c2ccccc2Cl)CC1. The van der Waals surface area contributed by atoms with Gasteiger partial charge in [-0.15, -0.1) is 0 Å². The van der Waals surface area contributed by atoms with Gasteiger partial charge in [-0.1, -0.05) is 35.9 Å². The second kappa shape index (κ2) is 8.28. The largest absolute Gasteiger partial charge is 0.506 e.